The summed E-state index contributed by atoms with van der Waals surface area (Å²) >= 11 is 0. The third-order valence-electron chi connectivity index (χ3n) is 6.89. The zero-order chi connectivity index (χ0) is 23.5. The van der Waals surface area contributed by atoms with Crippen LogP contribution in [0.2, 0.25) is 0 Å². The maximum Gasteiger partial charge on any atom is 0.418 e. The predicted molar refractivity (Wildman–Crippen MR) is 117 cm³/mol. The van der Waals surface area contributed by atoms with Gasteiger partial charge in [0, 0.05) is 25.9 Å². The number of carbonyl (C=O) groups is 4. The number of hydrogen-bond donors (Lipinski definition) is 2. The molecule has 0 spiro atoms. The second-order valence-electron chi connectivity index (χ2n) is 9.23. The number of ketones is 1. The van der Waals surface area contributed by atoms with Crippen molar-refractivity contribution in [3.8, 4) is 0 Å². The van der Waals surface area contributed by atoms with Crippen LogP contribution in [0.5, 0.6) is 0 Å². The summed E-state index contributed by atoms with van der Waals surface area (Å²) in [6.45, 7) is 5.89. The lowest BCUT2D eigenvalue weighted by molar-refractivity contribution is -0.137. The van der Waals surface area contributed by atoms with E-state index in [0.717, 1.165) is 30.8 Å². The van der Waals surface area contributed by atoms with Crippen molar-refractivity contribution in [2.24, 2.45) is 11.8 Å². The van der Waals surface area contributed by atoms with Gasteiger partial charge in [0.1, 0.15) is 0 Å². The summed E-state index contributed by atoms with van der Waals surface area (Å²) in [6.07, 6.45) is 5.24. The molecule has 2 aliphatic heterocycles. The van der Waals surface area contributed by atoms with Gasteiger partial charge >= 0.3 is 12.1 Å². The number of urea groups is 1. The lowest BCUT2D eigenvalue weighted by Crippen LogP contribution is -2.49. The van der Waals surface area contributed by atoms with Crippen molar-refractivity contribution in [3.63, 3.8) is 0 Å². The Kier molecular flexibility index (Phi) is 7.59. The number of amides is 4. The largest absolute Gasteiger partial charge is 0.428 e. The van der Waals surface area contributed by atoms with Gasteiger partial charge < -0.3 is 20.1 Å². The number of nitrogens with zero attached hydrogens (tertiary/aromatic N) is 1. The van der Waals surface area contributed by atoms with Gasteiger partial charge in [0.05, 0.1) is 19.3 Å². The van der Waals surface area contributed by atoms with Crippen molar-refractivity contribution in [1.82, 2.24) is 15.5 Å². The molecule has 178 valence electrons. The van der Waals surface area contributed by atoms with Gasteiger partial charge in [0.15, 0.2) is 5.78 Å². The first-order valence-corrected chi connectivity index (χ1v) is 11.5. The van der Waals surface area contributed by atoms with Crippen molar-refractivity contribution < 1.29 is 28.7 Å². The third kappa shape index (κ3) is 4.98. The molecule has 2 heterocycles. The molecule has 4 amide bonds. The van der Waals surface area contributed by atoms with Crippen LogP contribution in [0.4, 0.5) is 9.59 Å². The Morgan fingerprint density at radius 3 is 2.66 bits per heavy atom. The van der Waals surface area contributed by atoms with Crippen LogP contribution in [0.3, 0.4) is 0 Å². The molecule has 1 saturated carbocycles. The molecule has 5 atom stereocenters. The second-order valence-corrected chi connectivity index (χ2v) is 9.23. The van der Waals surface area contributed by atoms with E-state index in [1.165, 1.54) is 7.05 Å². The van der Waals surface area contributed by atoms with Gasteiger partial charge in [-0.05, 0) is 56.9 Å². The van der Waals surface area contributed by atoms with E-state index < -0.39 is 23.6 Å². The number of ether oxygens (including phenoxy) is 2. The van der Waals surface area contributed by atoms with Gasteiger partial charge in [-0.15, -0.1) is 0 Å². The van der Waals surface area contributed by atoms with Crippen LogP contribution < -0.4 is 10.6 Å². The van der Waals surface area contributed by atoms with Gasteiger partial charge in [-0.1, -0.05) is 13.0 Å². The van der Waals surface area contributed by atoms with Crippen molar-refractivity contribution in [3.05, 3.63) is 11.6 Å². The molecule has 0 aromatic heterocycles. The summed E-state index contributed by atoms with van der Waals surface area (Å²) in [4.78, 5) is 51.3. The number of fused-ring (bicyclic) bond motifs is 2. The molecule has 3 rings (SSSR count). The number of nitrogens with one attached hydrogen (secondary N) is 2. The number of cyclic esters (lactones) is 1. The summed E-state index contributed by atoms with van der Waals surface area (Å²) in [5.41, 5.74) is -0.920. The van der Waals surface area contributed by atoms with E-state index in [1.807, 2.05) is 13.0 Å². The molecule has 9 nitrogen and oxygen atoms in total. The Morgan fingerprint density at radius 2 is 2.06 bits per heavy atom. The average molecular weight is 450 g/mol. The predicted octanol–water partition coefficient (Wildman–Crippen LogP) is 2.54. The van der Waals surface area contributed by atoms with Crippen LogP contribution in [0, 0.1) is 11.8 Å². The van der Waals surface area contributed by atoms with Gasteiger partial charge in [-0.2, -0.15) is 0 Å². The van der Waals surface area contributed by atoms with E-state index in [9.17, 15) is 19.2 Å². The Bertz CT molecular complexity index is 797. The Balaban J connectivity index is 1.66. The standard InChI is InChI=1S/C23H35N3O6/c1-5-6-14(2)23(11-15(3)25-21(29)24-4)20(28)26(22(30)32-23)12-18(27)8-7-16-9-19-10-17(16)13-31-19/h6,15-17,19H,5,7-13H2,1-4H3,(H2,24,25,29)/b14-6+/t15?,16?,17?,19?,23-/m0/s1. The summed E-state index contributed by atoms with van der Waals surface area (Å²) in [7, 11) is 1.50. The minimum Gasteiger partial charge on any atom is -0.428 e. The van der Waals surface area contributed by atoms with E-state index in [1.54, 1.807) is 13.8 Å². The zero-order valence-electron chi connectivity index (χ0n) is 19.4. The topological polar surface area (TPSA) is 114 Å². The normalized spacial score (nSPS) is 30.4. The van der Waals surface area contributed by atoms with E-state index in [2.05, 4.69) is 10.6 Å². The van der Waals surface area contributed by atoms with E-state index in [4.69, 9.17) is 9.47 Å². The highest BCUT2D eigenvalue weighted by Crippen LogP contribution is 2.42. The molecule has 4 unspecified atom stereocenters. The van der Waals surface area contributed by atoms with E-state index in [-0.39, 0.29) is 24.8 Å². The molecule has 2 saturated heterocycles. The molecular formula is C23H35N3O6. The summed E-state index contributed by atoms with van der Waals surface area (Å²) in [6, 6.07) is -0.831. The quantitative estimate of drug-likeness (QED) is 0.496. The number of allylic oxidation sites excluding steroid dienone is 1. The molecule has 3 fully saturated rings. The highest BCUT2D eigenvalue weighted by molar-refractivity contribution is 6.07. The van der Waals surface area contributed by atoms with E-state index in [0.29, 0.717) is 36.4 Å². The van der Waals surface area contributed by atoms with Gasteiger partial charge in [-0.3, -0.25) is 9.59 Å². The first-order valence-electron chi connectivity index (χ1n) is 11.5. The number of imide groups is 1. The SMILES string of the molecule is CC/C=C(\C)[C@]1(CC(C)NC(=O)NC)OC(=O)N(CC(=O)CCC2CC3CC2CO3)C1=O. The number of rotatable bonds is 10. The minimum atomic E-state index is -1.52. The first-order chi connectivity index (χ1) is 15.2. The lowest BCUT2D eigenvalue weighted by atomic mass is 9.86. The van der Waals surface area contributed by atoms with Gasteiger partial charge in [0.2, 0.25) is 5.60 Å². The maximum absolute atomic E-state index is 13.4. The van der Waals surface area contributed by atoms with Crippen LogP contribution >= 0.6 is 0 Å². The maximum atomic E-state index is 13.4. The molecule has 2 N–H and O–H groups in total. The molecule has 2 bridgehead atoms. The fraction of sp³-hybridized carbons (Fsp3) is 0.739. The first kappa shape index (κ1) is 24.2. The molecule has 32 heavy (non-hydrogen) atoms. The van der Waals surface area contributed by atoms with Gasteiger partial charge in [-0.25, -0.2) is 14.5 Å². The minimum absolute atomic E-state index is 0.0865. The van der Waals surface area contributed by atoms with Crippen molar-refractivity contribution >= 4 is 23.8 Å². The number of hydrogen-bond acceptors (Lipinski definition) is 6. The summed E-state index contributed by atoms with van der Waals surface area (Å²) in [5, 5.41) is 5.19. The average Bonchev–Trinajstić information content (AvgIpc) is 3.43. The van der Waals surface area contributed by atoms with Crippen LogP contribution in [0.1, 0.15) is 59.3 Å². The van der Waals surface area contributed by atoms with Crippen molar-refractivity contribution in [2.75, 3.05) is 20.2 Å². The fourth-order valence-corrected chi connectivity index (χ4v) is 5.19. The van der Waals surface area contributed by atoms with E-state index >= 15 is 0 Å². The third-order valence-corrected chi connectivity index (χ3v) is 6.89. The molecular weight excluding hydrogens is 414 g/mol. The van der Waals surface area contributed by atoms with Gasteiger partial charge in [0.25, 0.3) is 5.91 Å². The highest BCUT2D eigenvalue weighted by atomic mass is 16.6. The molecule has 1 aliphatic carbocycles. The lowest BCUT2D eigenvalue weighted by Gasteiger charge is -2.29. The van der Waals surface area contributed by atoms with Crippen molar-refractivity contribution in [2.45, 2.75) is 77.0 Å². The Morgan fingerprint density at radius 1 is 1.31 bits per heavy atom. The Labute approximate surface area is 189 Å². The Hall–Kier alpha value is -2.42. The van der Waals surface area contributed by atoms with Crippen LogP contribution in [0.15, 0.2) is 11.6 Å². The molecule has 0 aromatic carbocycles. The molecule has 0 radical (unpaired) electrons. The summed E-state index contributed by atoms with van der Waals surface area (Å²) in [5.74, 6) is 0.305. The summed E-state index contributed by atoms with van der Waals surface area (Å²) < 4.78 is 11.2. The van der Waals surface area contributed by atoms with Crippen LogP contribution in [-0.4, -0.2) is 66.7 Å². The highest BCUT2D eigenvalue weighted by Gasteiger charge is 2.56. The smallest absolute Gasteiger partial charge is 0.418 e. The van der Waals surface area contributed by atoms with Crippen molar-refractivity contribution in [1.29, 1.82) is 0 Å². The fourth-order valence-electron chi connectivity index (χ4n) is 5.19. The second kappa shape index (κ2) is 10.0. The monoisotopic (exact) mass is 449 g/mol. The van der Waals surface area contributed by atoms with Crippen LogP contribution in [-0.2, 0) is 19.1 Å². The zero-order valence-corrected chi connectivity index (χ0v) is 19.4. The number of carbonyl (C=O) groups excluding carboxylic acids is 4. The molecule has 3 aliphatic rings. The van der Waals surface area contributed by atoms with Crippen LogP contribution in [0.25, 0.3) is 0 Å². The number of Topliss-reactive ketones (excluding diaryl/α,β-unsaturated/α-hetero) is 1. The molecule has 0 aromatic rings. The molecule has 9 heteroatoms.